The van der Waals surface area contributed by atoms with E-state index in [9.17, 15) is 4.79 Å². The van der Waals surface area contributed by atoms with Gasteiger partial charge in [0.2, 0.25) is 5.91 Å². The Morgan fingerprint density at radius 3 is 2.77 bits per heavy atom. The van der Waals surface area contributed by atoms with Crippen molar-refractivity contribution in [1.29, 1.82) is 0 Å². The Morgan fingerprint density at radius 1 is 1.62 bits per heavy atom. The number of amides is 1. The van der Waals surface area contributed by atoms with Gasteiger partial charge in [0.05, 0.1) is 0 Å². The van der Waals surface area contributed by atoms with Crippen molar-refractivity contribution in [2.24, 2.45) is 10.9 Å². The third kappa shape index (κ3) is 2.20. The fourth-order valence-electron chi connectivity index (χ4n) is 1.59. The Morgan fingerprint density at radius 2 is 2.31 bits per heavy atom. The highest BCUT2D eigenvalue weighted by Gasteiger charge is 2.31. The van der Waals surface area contributed by atoms with Crippen LogP contribution in [0.5, 0.6) is 0 Å². The maximum absolute atomic E-state index is 11.4. The zero-order chi connectivity index (χ0) is 9.84. The van der Waals surface area contributed by atoms with Gasteiger partial charge in [-0.1, -0.05) is 20.3 Å². The number of hydrogen-bond acceptors (Lipinski definition) is 2. The van der Waals surface area contributed by atoms with E-state index in [4.69, 9.17) is 0 Å². The Balaban J connectivity index is 2.57. The number of guanidine groups is 1. The van der Waals surface area contributed by atoms with E-state index in [1.807, 2.05) is 0 Å². The zero-order valence-electron chi connectivity index (χ0n) is 8.42. The third-order valence-electron chi connectivity index (χ3n) is 2.35. The normalized spacial score (nSPS) is 27.2. The largest absolute Gasteiger partial charge is 0.344 e. The van der Waals surface area contributed by atoms with Crippen molar-refractivity contribution in [2.75, 3.05) is 7.05 Å². The van der Waals surface area contributed by atoms with E-state index in [0.717, 1.165) is 12.8 Å². The first-order valence-electron chi connectivity index (χ1n) is 4.73. The summed E-state index contributed by atoms with van der Waals surface area (Å²) in [6.07, 6.45) is 2.16. The van der Waals surface area contributed by atoms with Gasteiger partial charge in [0.25, 0.3) is 0 Å². The lowest BCUT2D eigenvalue weighted by molar-refractivity contribution is -0.121. The summed E-state index contributed by atoms with van der Waals surface area (Å²) in [5, 5.41) is 5.76. The maximum atomic E-state index is 11.4. The molecule has 4 heteroatoms. The van der Waals surface area contributed by atoms with Crippen molar-refractivity contribution in [3.8, 4) is 0 Å². The average Bonchev–Trinajstić information content (AvgIpc) is 2.47. The van der Waals surface area contributed by atoms with E-state index in [1.165, 1.54) is 0 Å². The third-order valence-corrected chi connectivity index (χ3v) is 2.35. The minimum Gasteiger partial charge on any atom is -0.344 e. The molecule has 0 saturated carbocycles. The van der Waals surface area contributed by atoms with Crippen LogP contribution >= 0.6 is 0 Å². The summed E-state index contributed by atoms with van der Waals surface area (Å²) in [4.78, 5) is 15.3. The van der Waals surface area contributed by atoms with Gasteiger partial charge in [0, 0.05) is 7.05 Å². The van der Waals surface area contributed by atoms with Gasteiger partial charge in [-0.15, -0.1) is 0 Å². The lowest BCUT2D eigenvalue weighted by Crippen LogP contribution is -2.35. The number of hydrogen-bond donors (Lipinski definition) is 2. The number of nitrogens with one attached hydrogen (secondary N) is 2. The molecule has 0 spiro atoms. The van der Waals surface area contributed by atoms with Crippen molar-refractivity contribution in [3.05, 3.63) is 0 Å². The molecule has 0 aromatic rings. The van der Waals surface area contributed by atoms with E-state index in [1.54, 1.807) is 7.05 Å². The first-order chi connectivity index (χ1) is 6.19. The van der Waals surface area contributed by atoms with Crippen LogP contribution in [0.4, 0.5) is 0 Å². The summed E-state index contributed by atoms with van der Waals surface area (Å²) < 4.78 is 0. The van der Waals surface area contributed by atoms with Gasteiger partial charge in [-0.2, -0.15) is 0 Å². The molecule has 0 radical (unpaired) electrons. The summed E-state index contributed by atoms with van der Waals surface area (Å²) >= 11 is 0. The van der Waals surface area contributed by atoms with Crippen LogP contribution in [0.3, 0.4) is 0 Å². The lowest BCUT2D eigenvalue weighted by atomic mass is 9.97. The molecule has 74 valence electrons. The highest BCUT2D eigenvalue weighted by atomic mass is 16.2. The molecule has 0 aromatic heterocycles. The van der Waals surface area contributed by atoms with Gasteiger partial charge >= 0.3 is 0 Å². The van der Waals surface area contributed by atoms with Crippen molar-refractivity contribution in [1.82, 2.24) is 10.6 Å². The second-order valence-corrected chi connectivity index (χ2v) is 3.45. The van der Waals surface area contributed by atoms with E-state index < -0.39 is 0 Å². The minimum absolute atomic E-state index is 0.0431. The number of aliphatic imine (C=N–C) groups is 1. The van der Waals surface area contributed by atoms with Crippen LogP contribution in [0.25, 0.3) is 0 Å². The maximum Gasteiger partial charge on any atom is 0.249 e. The van der Waals surface area contributed by atoms with E-state index >= 15 is 0 Å². The van der Waals surface area contributed by atoms with Crippen LogP contribution in [0, 0.1) is 5.92 Å². The number of carbonyl (C=O) groups is 1. The standard InChI is InChI=1S/C9H17N3O/c1-4-5-6(2)7-8(13)12-9(10-3)11-7/h6-7H,4-5H2,1-3H3,(H2,10,11,12,13). The van der Waals surface area contributed by atoms with Crippen molar-refractivity contribution >= 4 is 11.9 Å². The summed E-state index contributed by atoms with van der Waals surface area (Å²) in [6, 6.07) is -0.0985. The molecular weight excluding hydrogens is 166 g/mol. The van der Waals surface area contributed by atoms with Crippen molar-refractivity contribution < 1.29 is 4.79 Å². The Kier molecular flexibility index (Phi) is 3.28. The summed E-state index contributed by atoms with van der Waals surface area (Å²) in [7, 11) is 1.66. The molecule has 1 saturated heterocycles. The van der Waals surface area contributed by atoms with Crippen LogP contribution in [0.15, 0.2) is 4.99 Å². The SMILES string of the molecule is CCCC(C)C1NC(=NC)NC1=O. The monoisotopic (exact) mass is 183 g/mol. The van der Waals surface area contributed by atoms with Crippen LogP contribution in [-0.2, 0) is 4.79 Å². The molecule has 0 bridgehead atoms. The highest BCUT2D eigenvalue weighted by molar-refractivity contribution is 6.06. The molecule has 1 aliphatic heterocycles. The van der Waals surface area contributed by atoms with Crippen LogP contribution < -0.4 is 10.6 Å². The van der Waals surface area contributed by atoms with Gasteiger partial charge < -0.3 is 5.32 Å². The average molecular weight is 183 g/mol. The second kappa shape index (κ2) is 4.25. The minimum atomic E-state index is -0.0985. The molecule has 1 aliphatic rings. The number of nitrogens with zero attached hydrogens (tertiary/aromatic N) is 1. The Labute approximate surface area is 78.8 Å². The van der Waals surface area contributed by atoms with Gasteiger partial charge in [-0.3, -0.25) is 15.1 Å². The van der Waals surface area contributed by atoms with Crippen LogP contribution in [0.2, 0.25) is 0 Å². The number of carbonyl (C=O) groups excluding carboxylic acids is 1. The van der Waals surface area contributed by atoms with Crippen LogP contribution in [-0.4, -0.2) is 25.0 Å². The first kappa shape index (κ1) is 10.0. The van der Waals surface area contributed by atoms with Crippen LogP contribution in [0.1, 0.15) is 26.7 Å². The van der Waals surface area contributed by atoms with Crippen molar-refractivity contribution in [3.63, 3.8) is 0 Å². The molecule has 0 aliphatic carbocycles. The highest BCUT2D eigenvalue weighted by Crippen LogP contribution is 2.13. The summed E-state index contributed by atoms with van der Waals surface area (Å²) in [5.41, 5.74) is 0. The lowest BCUT2D eigenvalue weighted by Gasteiger charge is -2.15. The first-order valence-corrected chi connectivity index (χ1v) is 4.73. The number of rotatable bonds is 3. The molecule has 2 atom stereocenters. The molecule has 1 heterocycles. The molecular formula is C9H17N3O. The Bertz CT molecular complexity index is 225. The van der Waals surface area contributed by atoms with Gasteiger partial charge in [-0.25, -0.2) is 0 Å². The fraction of sp³-hybridized carbons (Fsp3) is 0.778. The summed E-state index contributed by atoms with van der Waals surface area (Å²) in [6.45, 7) is 4.21. The molecule has 2 unspecified atom stereocenters. The predicted octanol–water partition coefficient (Wildman–Crippen LogP) is 0.496. The Hall–Kier alpha value is -1.06. The predicted molar refractivity (Wildman–Crippen MR) is 52.5 cm³/mol. The molecule has 1 rings (SSSR count). The fourth-order valence-corrected chi connectivity index (χ4v) is 1.59. The molecule has 13 heavy (non-hydrogen) atoms. The molecule has 4 nitrogen and oxygen atoms in total. The summed E-state index contributed by atoms with van der Waals surface area (Å²) in [5.74, 6) is 1.00. The second-order valence-electron chi connectivity index (χ2n) is 3.45. The molecule has 0 aromatic carbocycles. The van der Waals surface area contributed by atoms with E-state index in [2.05, 4.69) is 29.5 Å². The zero-order valence-corrected chi connectivity index (χ0v) is 8.42. The smallest absolute Gasteiger partial charge is 0.249 e. The van der Waals surface area contributed by atoms with E-state index in [-0.39, 0.29) is 11.9 Å². The van der Waals surface area contributed by atoms with Gasteiger partial charge in [-0.05, 0) is 12.3 Å². The van der Waals surface area contributed by atoms with E-state index in [0.29, 0.717) is 11.9 Å². The van der Waals surface area contributed by atoms with Gasteiger partial charge in [0.15, 0.2) is 5.96 Å². The van der Waals surface area contributed by atoms with Gasteiger partial charge in [0.1, 0.15) is 6.04 Å². The molecule has 2 N–H and O–H groups in total. The molecule has 1 amide bonds. The topological polar surface area (TPSA) is 53.5 Å². The molecule has 1 fully saturated rings. The van der Waals surface area contributed by atoms with Crippen molar-refractivity contribution in [2.45, 2.75) is 32.7 Å². The quantitative estimate of drug-likeness (QED) is 0.669.